The quantitative estimate of drug-likeness (QED) is 0.505. The maximum absolute atomic E-state index is 10.8. The molecule has 0 aliphatic heterocycles. The minimum atomic E-state index is -0.833. The molecule has 0 bridgehead atoms. The van der Waals surface area contributed by atoms with Gasteiger partial charge >= 0.3 is 5.97 Å². The number of hydrogen-bond acceptors (Lipinski definition) is 4. The highest BCUT2D eigenvalue weighted by Crippen LogP contribution is 2.00. The lowest BCUT2D eigenvalue weighted by Gasteiger charge is -2.06. The summed E-state index contributed by atoms with van der Waals surface area (Å²) < 4.78 is 4.48. The van der Waals surface area contributed by atoms with Crippen molar-refractivity contribution in [2.24, 2.45) is 5.73 Å². The van der Waals surface area contributed by atoms with E-state index in [9.17, 15) is 4.79 Å². The Labute approximate surface area is 83.5 Å². The SMILES string of the molecule is CC(=O)O.CC=C(C(=O)OC)C(C)N. The van der Waals surface area contributed by atoms with Crippen molar-refractivity contribution in [3.63, 3.8) is 0 Å². The highest BCUT2D eigenvalue weighted by molar-refractivity contribution is 5.89. The van der Waals surface area contributed by atoms with Crippen molar-refractivity contribution in [3.05, 3.63) is 11.6 Å². The third-order valence-corrected chi connectivity index (χ3v) is 1.22. The van der Waals surface area contributed by atoms with E-state index in [1.54, 1.807) is 19.9 Å². The minimum absolute atomic E-state index is 0.252. The smallest absolute Gasteiger partial charge is 0.334 e. The first-order valence-corrected chi connectivity index (χ1v) is 4.06. The second-order valence-corrected chi connectivity index (χ2v) is 2.54. The van der Waals surface area contributed by atoms with Gasteiger partial charge in [0.05, 0.1) is 7.11 Å². The fraction of sp³-hybridized carbons (Fsp3) is 0.556. The number of carboxylic acids is 1. The Hall–Kier alpha value is -1.36. The Kier molecular flexibility index (Phi) is 8.91. The second kappa shape index (κ2) is 8.25. The number of carbonyl (C=O) groups is 2. The first-order chi connectivity index (χ1) is 6.36. The molecule has 0 radical (unpaired) electrons. The average Bonchev–Trinajstić information content (AvgIpc) is 2.03. The van der Waals surface area contributed by atoms with Crippen LogP contribution in [-0.2, 0) is 14.3 Å². The molecule has 0 aromatic carbocycles. The second-order valence-electron chi connectivity index (χ2n) is 2.54. The Balaban J connectivity index is 0. The van der Waals surface area contributed by atoms with E-state index in [4.69, 9.17) is 15.6 Å². The monoisotopic (exact) mass is 203 g/mol. The van der Waals surface area contributed by atoms with E-state index in [2.05, 4.69) is 4.74 Å². The molecule has 82 valence electrons. The van der Waals surface area contributed by atoms with Crippen LogP contribution in [-0.4, -0.2) is 30.2 Å². The molecule has 1 atom stereocenters. The third-order valence-electron chi connectivity index (χ3n) is 1.22. The number of nitrogens with two attached hydrogens (primary N) is 1. The van der Waals surface area contributed by atoms with Crippen LogP contribution in [0.15, 0.2) is 11.6 Å². The van der Waals surface area contributed by atoms with Crippen molar-refractivity contribution in [1.29, 1.82) is 0 Å². The predicted molar refractivity (Wildman–Crippen MR) is 52.7 cm³/mol. The molecule has 14 heavy (non-hydrogen) atoms. The number of methoxy groups -OCH3 is 1. The van der Waals surface area contributed by atoms with Crippen LogP contribution in [0, 0.1) is 0 Å². The van der Waals surface area contributed by atoms with E-state index in [1.807, 2.05) is 0 Å². The predicted octanol–water partition coefficient (Wildman–Crippen LogP) is 0.544. The molecular formula is C9H17NO4. The summed E-state index contributed by atoms with van der Waals surface area (Å²) in [6.45, 7) is 4.59. The van der Waals surface area contributed by atoms with Gasteiger partial charge in [0.15, 0.2) is 0 Å². The number of ether oxygens (including phenoxy) is 1. The number of hydrogen-bond donors (Lipinski definition) is 2. The van der Waals surface area contributed by atoms with Gasteiger partial charge in [0.1, 0.15) is 0 Å². The summed E-state index contributed by atoms with van der Waals surface area (Å²) in [6, 6.07) is -0.252. The molecule has 1 unspecified atom stereocenters. The molecule has 0 heterocycles. The summed E-state index contributed by atoms with van der Waals surface area (Å²) in [5, 5.41) is 7.42. The summed E-state index contributed by atoms with van der Waals surface area (Å²) in [5.41, 5.74) is 5.97. The van der Waals surface area contributed by atoms with Crippen molar-refractivity contribution in [2.75, 3.05) is 7.11 Å². The van der Waals surface area contributed by atoms with Gasteiger partial charge < -0.3 is 15.6 Å². The van der Waals surface area contributed by atoms with Crippen LogP contribution in [0.25, 0.3) is 0 Å². The van der Waals surface area contributed by atoms with Crippen LogP contribution >= 0.6 is 0 Å². The van der Waals surface area contributed by atoms with E-state index in [0.717, 1.165) is 6.92 Å². The van der Waals surface area contributed by atoms with Crippen LogP contribution in [0.4, 0.5) is 0 Å². The zero-order valence-electron chi connectivity index (χ0n) is 8.90. The maximum Gasteiger partial charge on any atom is 0.334 e. The standard InChI is InChI=1S/C7H13NO2.C2H4O2/c1-4-6(5(2)8)7(9)10-3;1-2(3)4/h4-5H,8H2,1-3H3;1H3,(H,3,4). The molecule has 0 spiro atoms. The topological polar surface area (TPSA) is 89.6 Å². The summed E-state index contributed by atoms with van der Waals surface area (Å²) in [5.74, 6) is -1.18. The van der Waals surface area contributed by atoms with Crippen molar-refractivity contribution in [3.8, 4) is 0 Å². The Morgan fingerprint density at radius 3 is 1.93 bits per heavy atom. The number of allylic oxidation sites excluding steroid dienone is 1. The highest BCUT2D eigenvalue weighted by Gasteiger charge is 2.11. The molecule has 0 amide bonds. The lowest BCUT2D eigenvalue weighted by Crippen LogP contribution is -2.24. The molecule has 0 rings (SSSR count). The van der Waals surface area contributed by atoms with Crippen LogP contribution < -0.4 is 5.73 Å². The fourth-order valence-electron chi connectivity index (χ4n) is 0.684. The van der Waals surface area contributed by atoms with Crippen LogP contribution in [0.3, 0.4) is 0 Å². The Morgan fingerprint density at radius 2 is 1.86 bits per heavy atom. The van der Waals surface area contributed by atoms with Gasteiger partial charge in [-0.25, -0.2) is 4.79 Å². The first kappa shape index (κ1) is 15.1. The number of esters is 1. The summed E-state index contributed by atoms with van der Waals surface area (Å²) in [4.78, 5) is 19.8. The zero-order valence-corrected chi connectivity index (χ0v) is 8.90. The van der Waals surface area contributed by atoms with Gasteiger partial charge in [-0.15, -0.1) is 0 Å². The normalized spacial score (nSPS) is 12.2. The van der Waals surface area contributed by atoms with Crippen molar-refractivity contribution >= 4 is 11.9 Å². The number of rotatable bonds is 2. The fourth-order valence-corrected chi connectivity index (χ4v) is 0.684. The van der Waals surface area contributed by atoms with Gasteiger partial charge in [-0.2, -0.15) is 0 Å². The summed E-state index contributed by atoms with van der Waals surface area (Å²) >= 11 is 0. The number of aliphatic carboxylic acids is 1. The van der Waals surface area contributed by atoms with E-state index >= 15 is 0 Å². The molecule has 0 aliphatic rings. The Morgan fingerprint density at radius 1 is 1.50 bits per heavy atom. The molecule has 0 aliphatic carbocycles. The van der Waals surface area contributed by atoms with Crippen molar-refractivity contribution in [1.82, 2.24) is 0 Å². The maximum atomic E-state index is 10.8. The zero-order chi connectivity index (χ0) is 11.7. The van der Waals surface area contributed by atoms with E-state index in [-0.39, 0.29) is 12.0 Å². The van der Waals surface area contributed by atoms with Gasteiger partial charge in [-0.05, 0) is 13.8 Å². The van der Waals surface area contributed by atoms with Gasteiger partial charge in [-0.1, -0.05) is 6.08 Å². The molecule has 0 aromatic rings. The molecule has 5 nitrogen and oxygen atoms in total. The van der Waals surface area contributed by atoms with E-state index in [1.165, 1.54) is 7.11 Å². The van der Waals surface area contributed by atoms with Crippen LogP contribution in [0.5, 0.6) is 0 Å². The molecule has 3 N–H and O–H groups in total. The number of carboxylic acid groups (broad SMARTS) is 1. The first-order valence-electron chi connectivity index (χ1n) is 4.06. The van der Waals surface area contributed by atoms with E-state index < -0.39 is 5.97 Å². The lowest BCUT2D eigenvalue weighted by molar-refractivity contribution is -0.136. The highest BCUT2D eigenvalue weighted by atomic mass is 16.5. The van der Waals surface area contributed by atoms with Crippen LogP contribution in [0.2, 0.25) is 0 Å². The summed E-state index contributed by atoms with van der Waals surface area (Å²) in [6.07, 6.45) is 1.66. The van der Waals surface area contributed by atoms with Gasteiger partial charge in [0, 0.05) is 18.5 Å². The average molecular weight is 203 g/mol. The molecule has 0 fully saturated rings. The van der Waals surface area contributed by atoms with E-state index in [0.29, 0.717) is 5.57 Å². The minimum Gasteiger partial charge on any atom is -0.481 e. The molecular weight excluding hydrogens is 186 g/mol. The van der Waals surface area contributed by atoms with Gasteiger partial charge in [-0.3, -0.25) is 4.79 Å². The summed E-state index contributed by atoms with van der Waals surface area (Å²) in [7, 11) is 1.34. The lowest BCUT2D eigenvalue weighted by atomic mass is 10.1. The molecule has 0 saturated carbocycles. The van der Waals surface area contributed by atoms with Crippen molar-refractivity contribution < 1.29 is 19.4 Å². The number of carbonyl (C=O) groups excluding carboxylic acids is 1. The Bertz CT molecular complexity index is 217. The molecule has 0 aromatic heterocycles. The largest absolute Gasteiger partial charge is 0.481 e. The van der Waals surface area contributed by atoms with Gasteiger partial charge in [0.25, 0.3) is 5.97 Å². The van der Waals surface area contributed by atoms with Crippen LogP contribution in [0.1, 0.15) is 20.8 Å². The van der Waals surface area contributed by atoms with Gasteiger partial charge in [0.2, 0.25) is 0 Å². The third kappa shape index (κ3) is 8.73. The molecule has 0 saturated heterocycles. The van der Waals surface area contributed by atoms with Crippen molar-refractivity contribution in [2.45, 2.75) is 26.8 Å². The molecule has 5 heteroatoms.